The van der Waals surface area contributed by atoms with Crippen molar-refractivity contribution in [3.05, 3.63) is 42.0 Å². The monoisotopic (exact) mass is 352 g/mol. The summed E-state index contributed by atoms with van der Waals surface area (Å²) >= 11 is 1.41. The Labute approximate surface area is 147 Å². The Bertz CT molecular complexity index is 967. The number of anilines is 1. The zero-order valence-corrected chi connectivity index (χ0v) is 13.7. The summed E-state index contributed by atoms with van der Waals surface area (Å²) in [4.78, 5) is 15.7. The predicted molar refractivity (Wildman–Crippen MR) is 90.9 cm³/mol. The quantitative estimate of drug-likeness (QED) is 0.542. The summed E-state index contributed by atoms with van der Waals surface area (Å²) in [6.07, 6.45) is 3.35. The van der Waals surface area contributed by atoms with E-state index in [2.05, 4.69) is 26.0 Å². The van der Waals surface area contributed by atoms with Crippen LogP contribution in [0.15, 0.2) is 35.9 Å². The molecule has 1 aliphatic heterocycles. The van der Waals surface area contributed by atoms with Crippen molar-refractivity contribution in [2.75, 3.05) is 12.5 Å². The van der Waals surface area contributed by atoms with Gasteiger partial charge < -0.3 is 20.2 Å². The third-order valence-electron chi connectivity index (χ3n) is 3.59. The summed E-state index contributed by atoms with van der Waals surface area (Å²) in [6.45, 7) is 0.182. The van der Waals surface area contributed by atoms with Crippen molar-refractivity contribution < 1.29 is 9.47 Å². The molecule has 0 saturated heterocycles. The molecule has 3 N–H and O–H groups in total. The van der Waals surface area contributed by atoms with Gasteiger partial charge >= 0.3 is 0 Å². The van der Waals surface area contributed by atoms with Crippen LogP contribution in [0.5, 0.6) is 11.5 Å². The molecule has 0 amide bonds. The lowest BCUT2D eigenvalue weighted by molar-refractivity contribution is 0.174. The zero-order valence-electron chi connectivity index (χ0n) is 12.9. The number of thioether (sulfide) groups is 1. The fraction of sp³-hybridized carbons (Fsp3) is 0.125. The van der Waals surface area contributed by atoms with Crippen LogP contribution in [0.1, 0.15) is 11.3 Å². The number of hydrogen-bond donors (Lipinski definition) is 2. The standard InChI is InChI=1S/C16H12N6O2S/c17-4-11-14(9-1-2-12-13(3-9)24-8-23-12)21-16(22-15(11)18)25-6-10-5-19-7-20-10/h1-3,5,7H,6,8H2,(H,19,20)(H2,18,21,22). The maximum atomic E-state index is 9.44. The molecule has 4 rings (SSSR count). The van der Waals surface area contributed by atoms with Crippen molar-refractivity contribution in [1.82, 2.24) is 19.9 Å². The SMILES string of the molecule is N#Cc1c(N)nc(SCc2cnc[nH]2)nc1-c1ccc2c(c1)OCO2. The third-order valence-corrected chi connectivity index (χ3v) is 4.48. The average Bonchev–Trinajstić information content (AvgIpc) is 3.30. The van der Waals surface area contributed by atoms with Gasteiger partial charge in [0.1, 0.15) is 17.5 Å². The third kappa shape index (κ3) is 2.95. The Balaban J connectivity index is 1.71. The van der Waals surface area contributed by atoms with E-state index in [1.807, 2.05) is 6.07 Å². The Morgan fingerprint density at radius 2 is 2.16 bits per heavy atom. The van der Waals surface area contributed by atoms with Gasteiger partial charge in [0.15, 0.2) is 16.7 Å². The van der Waals surface area contributed by atoms with Crippen LogP contribution in [0.3, 0.4) is 0 Å². The van der Waals surface area contributed by atoms with Crippen LogP contribution in [0.25, 0.3) is 11.3 Å². The van der Waals surface area contributed by atoms with Crippen LogP contribution in [0.2, 0.25) is 0 Å². The fourth-order valence-corrected chi connectivity index (χ4v) is 3.15. The second-order valence-electron chi connectivity index (χ2n) is 5.16. The number of fused-ring (bicyclic) bond motifs is 1. The minimum absolute atomic E-state index is 0.150. The molecule has 9 heteroatoms. The Morgan fingerprint density at radius 3 is 2.96 bits per heavy atom. The molecule has 0 saturated carbocycles. The van der Waals surface area contributed by atoms with Crippen LogP contribution >= 0.6 is 11.8 Å². The molecule has 3 aromatic rings. The highest BCUT2D eigenvalue weighted by Gasteiger charge is 2.19. The second-order valence-corrected chi connectivity index (χ2v) is 6.10. The molecule has 0 radical (unpaired) electrons. The largest absolute Gasteiger partial charge is 0.454 e. The van der Waals surface area contributed by atoms with Gasteiger partial charge in [-0.3, -0.25) is 0 Å². The molecule has 25 heavy (non-hydrogen) atoms. The summed E-state index contributed by atoms with van der Waals surface area (Å²) in [5.41, 5.74) is 8.35. The molecule has 0 fully saturated rings. The number of hydrogen-bond acceptors (Lipinski definition) is 8. The number of nitriles is 1. The first kappa shape index (κ1) is 15.3. The summed E-state index contributed by atoms with van der Waals surface area (Å²) in [5.74, 6) is 2.05. The maximum absolute atomic E-state index is 9.44. The summed E-state index contributed by atoms with van der Waals surface area (Å²) in [7, 11) is 0. The van der Waals surface area contributed by atoms with Crippen molar-refractivity contribution in [2.24, 2.45) is 0 Å². The molecule has 0 bridgehead atoms. The number of rotatable bonds is 4. The molecule has 0 unspecified atom stereocenters. The van der Waals surface area contributed by atoms with Gasteiger partial charge in [-0.25, -0.2) is 15.0 Å². The average molecular weight is 352 g/mol. The first-order valence-electron chi connectivity index (χ1n) is 7.32. The van der Waals surface area contributed by atoms with Crippen LogP contribution < -0.4 is 15.2 Å². The van der Waals surface area contributed by atoms with E-state index in [0.29, 0.717) is 28.1 Å². The number of nitrogen functional groups attached to an aromatic ring is 1. The second kappa shape index (κ2) is 6.33. The highest BCUT2D eigenvalue weighted by Crippen LogP contribution is 2.37. The van der Waals surface area contributed by atoms with Gasteiger partial charge in [0.05, 0.1) is 12.0 Å². The molecular formula is C16H12N6O2S. The van der Waals surface area contributed by atoms with Crippen molar-refractivity contribution in [1.29, 1.82) is 5.26 Å². The van der Waals surface area contributed by atoms with E-state index in [-0.39, 0.29) is 18.2 Å². The molecule has 2 aromatic heterocycles. The van der Waals surface area contributed by atoms with Gasteiger partial charge in [0.2, 0.25) is 6.79 Å². The van der Waals surface area contributed by atoms with Gasteiger partial charge in [-0.1, -0.05) is 11.8 Å². The molecule has 3 heterocycles. The number of benzene rings is 1. The molecule has 1 aliphatic rings. The lowest BCUT2D eigenvalue weighted by atomic mass is 10.1. The van der Waals surface area contributed by atoms with Crippen molar-refractivity contribution in [3.8, 4) is 28.8 Å². The first-order valence-corrected chi connectivity index (χ1v) is 8.31. The van der Waals surface area contributed by atoms with Gasteiger partial charge in [0.25, 0.3) is 0 Å². The van der Waals surface area contributed by atoms with Crippen LogP contribution in [-0.4, -0.2) is 26.7 Å². The summed E-state index contributed by atoms with van der Waals surface area (Å²) in [6, 6.07) is 7.47. The van der Waals surface area contributed by atoms with E-state index in [4.69, 9.17) is 15.2 Å². The lowest BCUT2D eigenvalue weighted by Gasteiger charge is -2.09. The molecule has 124 valence electrons. The number of imidazole rings is 1. The number of aromatic nitrogens is 4. The predicted octanol–water partition coefficient (Wildman–Crippen LogP) is 2.34. The number of nitrogens with zero attached hydrogens (tertiary/aromatic N) is 4. The molecular weight excluding hydrogens is 340 g/mol. The molecule has 1 aromatic carbocycles. The minimum atomic E-state index is 0.150. The van der Waals surface area contributed by atoms with Crippen LogP contribution in [0, 0.1) is 11.3 Å². The number of nitrogens with one attached hydrogen (secondary N) is 1. The molecule has 0 aliphatic carbocycles. The summed E-state index contributed by atoms with van der Waals surface area (Å²) in [5, 5.41) is 9.92. The van der Waals surface area contributed by atoms with Crippen molar-refractivity contribution in [3.63, 3.8) is 0 Å². The Morgan fingerprint density at radius 1 is 1.28 bits per heavy atom. The molecule has 0 spiro atoms. The minimum Gasteiger partial charge on any atom is -0.454 e. The molecule has 8 nitrogen and oxygen atoms in total. The van der Waals surface area contributed by atoms with Gasteiger partial charge in [-0.2, -0.15) is 5.26 Å². The van der Waals surface area contributed by atoms with E-state index in [1.165, 1.54) is 11.8 Å². The smallest absolute Gasteiger partial charge is 0.231 e. The number of ether oxygens (including phenoxy) is 2. The highest BCUT2D eigenvalue weighted by atomic mass is 32.2. The van der Waals surface area contributed by atoms with Crippen molar-refractivity contribution in [2.45, 2.75) is 10.9 Å². The van der Waals surface area contributed by atoms with Crippen LogP contribution in [-0.2, 0) is 5.75 Å². The number of aromatic amines is 1. The van der Waals surface area contributed by atoms with Crippen molar-refractivity contribution >= 4 is 17.6 Å². The fourth-order valence-electron chi connectivity index (χ4n) is 2.39. The van der Waals surface area contributed by atoms with Crippen LogP contribution in [0.4, 0.5) is 5.82 Å². The van der Waals surface area contributed by atoms with Gasteiger partial charge in [0, 0.05) is 23.2 Å². The van der Waals surface area contributed by atoms with Gasteiger partial charge in [-0.15, -0.1) is 0 Å². The molecule has 0 atom stereocenters. The Hall–Kier alpha value is -3.25. The zero-order chi connectivity index (χ0) is 17.2. The van der Waals surface area contributed by atoms with E-state index in [9.17, 15) is 5.26 Å². The topological polar surface area (TPSA) is 123 Å². The van der Waals surface area contributed by atoms with E-state index in [0.717, 1.165) is 11.3 Å². The Kier molecular flexibility index (Phi) is 3.87. The normalized spacial score (nSPS) is 12.1. The van der Waals surface area contributed by atoms with Gasteiger partial charge in [-0.05, 0) is 18.2 Å². The first-order chi connectivity index (χ1) is 12.2. The van der Waals surface area contributed by atoms with E-state index >= 15 is 0 Å². The van der Waals surface area contributed by atoms with E-state index < -0.39 is 0 Å². The highest BCUT2D eigenvalue weighted by molar-refractivity contribution is 7.98. The number of H-pyrrole nitrogens is 1. The van der Waals surface area contributed by atoms with E-state index in [1.54, 1.807) is 24.7 Å². The summed E-state index contributed by atoms with van der Waals surface area (Å²) < 4.78 is 10.7. The number of nitrogens with two attached hydrogens (primary N) is 1. The maximum Gasteiger partial charge on any atom is 0.231 e. The lowest BCUT2D eigenvalue weighted by Crippen LogP contribution is -2.02.